The Morgan fingerprint density at radius 3 is 2.73 bits per heavy atom. The van der Waals surface area contributed by atoms with Crippen molar-refractivity contribution in [1.29, 1.82) is 0 Å². The first-order valence-electron chi connectivity index (χ1n) is 11.1. The molecule has 5 rings (SSSR count). The number of hydrogen-bond acceptors (Lipinski definition) is 4. The number of rotatable bonds is 3. The van der Waals surface area contributed by atoms with E-state index in [9.17, 15) is 0 Å². The molecule has 0 N–H and O–H groups in total. The molecule has 0 radical (unpaired) electrons. The molecule has 1 atom stereocenters. The van der Waals surface area contributed by atoms with Crippen molar-refractivity contribution in [2.24, 2.45) is 4.99 Å². The van der Waals surface area contributed by atoms with Gasteiger partial charge in [0.25, 0.3) is 0 Å². The Hall–Kier alpha value is -3.92. The van der Waals surface area contributed by atoms with Gasteiger partial charge in [0.05, 0.1) is 12.6 Å². The van der Waals surface area contributed by atoms with Gasteiger partial charge >= 0.3 is 0 Å². The molecule has 164 valence electrons. The minimum absolute atomic E-state index is 0.0421. The third-order valence-corrected chi connectivity index (χ3v) is 6.07. The van der Waals surface area contributed by atoms with Gasteiger partial charge in [-0.05, 0) is 77.6 Å². The molecular weight excluding hydrogens is 408 g/mol. The van der Waals surface area contributed by atoms with Crippen LogP contribution in [0.4, 0.5) is 0 Å². The second-order valence-electron chi connectivity index (χ2n) is 8.26. The van der Waals surface area contributed by atoms with Gasteiger partial charge in [0, 0.05) is 29.8 Å². The second kappa shape index (κ2) is 8.91. The van der Waals surface area contributed by atoms with Crippen LogP contribution in [-0.2, 0) is 6.61 Å². The highest BCUT2D eigenvalue weighted by molar-refractivity contribution is 5.96. The van der Waals surface area contributed by atoms with E-state index in [0.717, 1.165) is 38.9 Å². The summed E-state index contributed by atoms with van der Waals surface area (Å²) in [6, 6.07) is 25.4. The van der Waals surface area contributed by atoms with Gasteiger partial charge in [-0.25, -0.2) is 4.98 Å². The number of hydrogen-bond donors (Lipinski definition) is 0. The lowest BCUT2D eigenvalue weighted by molar-refractivity contribution is 0.306. The number of methoxy groups -OCH3 is 1. The van der Waals surface area contributed by atoms with Gasteiger partial charge in [0.15, 0.2) is 0 Å². The van der Waals surface area contributed by atoms with Crippen LogP contribution in [0.25, 0.3) is 22.0 Å². The Morgan fingerprint density at radius 1 is 1.03 bits per heavy atom. The van der Waals surface area contributed by atoms with Crippen LogP contribution >= 0.6 is 0 Å². The number of allylic oxidation sites excluding steroid dienone is 1. The first-order valence-corrected chi connectivity index (χ1v) is 11.1. The van der Waals surface area contributed by atoms with Crippen molar-refractivity contribution in [3.8, 4) is 22.8 Å². The minimum atomic E-state index is 0.0421. The number of aliphatic imine (C=N–C) groups is 1. The van der Waals surface area contributed by atoms with E-state index in [1.165, 1.54) is 11.1 Å². The first-order chi connectivity index (χ1) is 16.2. The summed E-state index contributed by atoms with van der Waals surface area (Å²) in [6.45, 7) is 4.56. The lowest BCUT2D eigenvalue weighted by Crippen LogP contribution is -2.04. The van der Waals surface area contributed by atoms with Crippen LogP contribution < -0.4 is 9.47 Å². The van der Waals surface area contributed by atoms with Crippen LogP contribution in [0.5, 0.6) is 11.6 Å². The summed E-state index contributed by atoms with van der Waals surface area (Å²) in [5, 5.41) is 1.10. The predicted octanol–water partition coefficient (Wildman–Crippen LogP) is 6.93. The van der Waals surface area contributed by atoms with Crippen molar-refractivity contribution in [2.45, 2.75) is 26.4 Å². The number of benzene rings is 3. The van der Waals surface area contributed by atoms with Crippen LogP contribution in [0, 0.1) is 0 Å². The molecule has 0 amide bonds. The maximum absolute atomic E-state index is 6.20. The molecule has 4 aromatic rings. The molecule has 4 nitrogen and oxygen atoms in total. The van der Waals surface area contributed by atoms with E-state index in [-0.39, 0.29) is 5.92 Å². The van der Waals surface area contributed by atoms with Gasteiger partial charge in [0.1, 0.15) is 12.4 Å². The lowest BCUT2D eigenvalue weighted by Gasteiger charge is -2.20. The SMILES string of the molecule is CC=N/C=C(\C)C1c2cccc(c2)OCc2cccc(c2)-c2cc(OC)nc3ccc1cc23. The van der Waals surface area contributed by atoms with Gasteiger partial charge in [-0.15, -0.1) is 0 Å². The standard InChI is InChI=1S/C29H26N2O2/c1-4-30-17-19(2)29-22-9-6-10-24(14-22)33-18-20-7-5-8-21(13-20)25-16-28(32-3)31-27-12-11-23(29)15-26(25)27/h4-17,29H,18H2,1-3H3/b19-17+,30-4?. The first kappa shape index (κ1) is 21.0. The fourth-order valence-corrected chi connectivity index (χ4v) is 4.51. The zero-order valence-electron chi connectivity index (χ0n) is 19.1. The highest BCUT2D eigenvalue weighted by Gasteiger charge is 2.20. The van der Waals surface area contributed by atoms with E-state index in [2.05, 4.69) is 72.6 Å². The topological polar surface area (TPSA) is 43.7 Å². The number of ether oxygens (including phenoxy) is 2. The van der Waals surface area contributed by atoms with Crippen molar-refractivity contribution in [3.63, 3.8) is 0 Å². The quantitative estimate of drug-likeness (QED) is 0.328. The Balaban J connectivity index is 1.83. The third kappa shape index (κ3) is 4.12. The minimum Gasteiger partial charge on any atom is -0.489 e. The van der Waals surface area contributed by atoms with Crippen molar-refractivity contribution in [1.82, 2.24) is 4.98 Å². The van der Waals surface area contributed by atoms with Crippen molar-refractivity contribution in [3.05, 3.63) is 101 Å². The van der Waals surface area contributed by atoms with Gasteiger partial charge < -0.3 is 9.47 Å². The normalized spacial score (nSPS) is 15.6. The summed E-state index contributed by atoms with van der Waals surface area (Å²) in [7, 11) is 1.66. The number of aromatic nitrogens is 1. The van der Waals surface area contributed by atoms with Crippen LogP contribution in [-0.4, -0.2) is 18.3 Å². The fourth-order valence-electron chi connectivity index (χ4n) is 4.51. The number of nitrogens with zero attached hydrogens (tertiary/aromatic N) is 2. The maximum atomic E-state index is 6.20. The Labute approximate surface area is 194 Å². The van der Waals surface area contributed by atoms with Crippen LogP contribution in [0.2, 0.25) is 0 Å². The zero-order valence-corrected chi connectivity index (χ0v) is 19.1. The van der Waals surface area contributed by atoms with Crippen molar-refractivity contribution >= 4 is 17.1 Å². The monoisotopic (exact) mass is 434 g/mol. The van der Waals surface area contributed by atoms with E-state index in [1.54, 1.807) is 7.11 Å². The lowest BCUT2D eigenvalue weighted by atomic mass is 9.84. The molecule has 1 unspecified atom stereocenters. The molecule has 1 aliphatic heterocycles. The summed E-state index contributed by atoms with van der Waals surface area (Å²) < 4.78 is 11.7. The molecule has 0 saturated carbocycles. The summed E-state index contributed by atoms with van der Waals surface area (Å²) in [5.41, 5.74) is 7.74. The van der Waals surface area contributed by atoms with Crippen molar-refractivity contribution in [2.75, 3.05) is 7.11 Å². The molecule has 0 saturated heterocycles. The molecule has 6 bridgehead atoms. The molecule has 4 heteroatoms. The average molecular weight is 435 g/mol. The average Bonchev–Trinajstić information content (AvgIpc) is 2.86. The summed E-state index contributed by atoms with van der Waals surface area (Å²) >= 11 is 0. The predicted molar refractivity (Wildman–Crippen MR) is 134 cm³/mol. The van der Waals surface area contributed by atoms with Gasteiger partial charge in [-0.2, -0.15) is 0 Å². The third-order valence-electron chi connectivity index (χ3n) is 6.07. The van der Waals surface area contributed by atoms with E-state index in [0.29, 0.717) is 12.5 Å². The Morgan fingerprint density at radius 2 is 1.88 bits per heavy atom. The summed E-state index contributed by atoms with van der Waals surface area (Å²) in [5.74, 6) is 1.50. The number of fused-ring (bicyclic) bond motifs is 6. The second-order valence-corrected chi connectivity index (χ2v) is 8.26. The molecule has 0 fully saturated rings. The largest absolute Gasteiger partial charge is 0.489 e. The molecule has 33 heavy (non-hydrogen) atoms. The summed E-state index contributed by atoms with van der Waals surface area (Å²) in [4.78, 5) is 9.12. The highest BCUT2D eigenvalue weighted by Crippen LogP contribution is 2.38. The van der Waals surface area contributed by atoms with Crippen LogP contribution in [0.3, 0.4) is 0 Å². The van der Waals surface area contributed by atoms with E-state index in [4.69, 9.17) is 14.5 Å². The molecule has 2 heterocycles. The van der Waals surface area contributed by atoms with E-state index >= 15 is 0 Å². The molecule has 1 aliphatic rings. The molecular formula is C29H26N2O2. The molecule has 3 aromatic carbocycles. The van der Waals surface area contributed by atoms with Crippen LogP contribution in [0.15, 0.2) is 89.6 Å². The molecule has 0 aliphatic carbocycles. The summed E-state index contributed by atoms with van der Waals surface area (Å²) in [6.07, 6.45) is 3.75. The number of pyridine rings is 1. The molecule has 1 aromatic heterocycles. The smallest absolute Gasteiger partial charge is 0.214 e. The zero-order chi connectivity index (χ0) is 22.8. The van der Waals surface area contributed by atoms with Crippen LogP contribution in [0.1, 0.15) is 36.5 Å². The highest BCUT2D eigenvalue weighted by atomic mass is 16.5. The maximum Gasteiger partial charge on any atom is 0.214 e. The van der Waals surface area contributed by atoms with Gasteiger partial charge in [-0.3, -0.25) is 4.99 Å². The Bertz CT molecular complexity index is 1390. The van der Waals surface area contributed by atoms with Crippen molar-refractivity contribution < 1.29 is 9.47 Å². The van der Waals surface area contributed by atoms with Gasteiger partial charge in [-0.1, -0.05) is 36.4 Å². The fraction of sp³-hybridized carbons (Fsp3) is 0.172. The Kier molecular flexibility index (Phi) is 5.66. The van der Waals surface area contributed by atoms with E-state index < -0.39 is 0 Å². The van der Waals surface area contributed by atoms with Gasteiger partial charge in [0.2, 0.25) is 5.88 Å². The molecule has 0 spiro atoms. The van der Waals surface area contributed by atoms with E-state index in [1.807, 2.05) is 31.5 Å².